The molecule has 1 unspecified atom stereocenters. The molecule has 0 radical (unpaired) electrons. The van der Waals surface area contributed by atoms with Crippen LogP contribution in [0.4, 0.5) is 0 Å². The van der Waals surface area contributed by atoms with Crippen molar-refractivity contribution in [3.05, 3.63) is 119 Å². The van der Waals surface area contributed by atoms with Crippen LogP contribution in [0.25, 0.3) is 22.2 Å². The Balaban J connectivity index is 1.29. The van der Waals surface area contributed by atoms with E-state index in [0.29, 0.717) is 27.4 Å². The fraction of sp³-hybridized carbons (Fsp3) is 0.133. The number of H-pyrrole nitrogens is 1. The molecule has 5 aromatic rings. The lowest BCUT2D eigenvalue weighted by Crippen LogP contribution is -2.31. The SMILES string of the molecule is O=C1CC(c2ccc(C[C@H](NS(=O)(=O)c3ccc(-c4ccccc4)cc3)c3nc4ccc(Cl)cc4[nH]3)cc2)S(O)(O)N1. The molecule has 1 aliphatic heterocycles. The van der Waals surface area contributed by atoms with E-state index >= 15 is 0 Å². The molecule has 1 fully saturated rings. The zero-order chi connectivity index (χ0) is 29.5. The molecule has 1 saturated heterocycles. The first-order valence-corrected chi connectivity index (χ1v) is 16.5. The van der Waals surface area contributed by atoms with Crippen molar-refractivity contribution in [3.63, 3.8) is 0 Å². The molecule has 0 saturated carbocycles. The summed E-state index contributed by atoms with van der Waals surface area (Å²) in [5, 5.41) is -0.220. The van der Waals surface area contributed by atoms with Crippen LogP contribution >= 0.6 is 22.4 Å². The van der Waals surface area contributed by atoms with Crippen LogP contribution in [0.3, 0.4) is 0 Å². The molecule has 0 bridgehead atoms. The number of carbonyl (C=O) groups is 1. The van der Waals surface area contributed by atoms with Crippen molar-refractivity contribution in [2.75, 3.05) is 0 Å². The van der Waals surface area contributed by atoms with Gasteiger partial charge in [-0.25, -0.2) is 18.1 Å². The smallest absolute Gasteiger partial charge is 0.241 e. The molecule has 1 aliphatic rings. The molecule has 42 heavy (non-hydrogen) atoms. The second-order valence-corrected chi connectivity index (χ2v) is 14.2. The lowest BCUT2D eigenvalue weighted by Gasteiger charge is -2.32. The molecule has 12 heteroatoms. The number of fused-ring (bicyclic) bond motifs is 1. The maximum Gasteiger partial charge on any atom is 0.241 e. The monoisotopic (exact) mass is 622 g/mol. The van der Waals surface area contributed by atoms with E-state index in [0.717, 1.165) is 16.7 Å². The third-order valence-corrected chi connectivity index (χ3v) is 10.7. The molecular formula is C30H27ClN4O5S2. The average Bonchev–Trinajstić information content (AvgIpc) is 3.52. The van der Waals surface area contributed by atoms with Gasteiger partial charge in [0.2, 0.25) is 15.9 Å². The molecule has 0 aliphatic carbocycles. The molecule has 9 nitrogen and oxygen atoms in total. The van der Waals surface area contributed by atoms with Crippen LogP contribution in [0.5, 0.6) is 0 Å². The van der Waals surface area contributed by atoms with Crippen molar-refractivity contribution >= 4 is 49.3 Å². The molecule has 2 heterocycles. The van der Waals surface area contributed by atoms with Crippen molar-refractivity contribution in [2.45, 2.75) is 29.0 Å². The van der Waals surface area contributed by atoms with E-state index in [1.165, 1.54) is 0 Å². The topological polar surface area (TPSA) is 144 Å². The molecule has 1 amide bonds. The van der Waals surface area contributed by atoms with Gasteiger partial charge in [0.25, 0.3) is 0 Å². The van der Waals surface area contributed by atoms with E-state index in [4.69, 9.17) is 11.6 Å². The van der Waals surface area contributed by atoms with Crippen molar-refractivity contribution in [1.29, 1.82) is 0 Å². The lowest BCUT2D eigenvalue weighted by atomic mass is 10.0. The van der Waals surface area contributed by atoms with E-state index in [-0.39, 0.29) is 17.7 Å². The fourth-order valence-corrected chi connectivity index (χ4v) is 7.90. The van der Waals surface area contributed by atoms with Gasteiger partial charge >= 0.3 is 0 Å². The summed E-state index contributed by atoms with van der Waals surface area (Å²) in [7, 11) is -7.24. The number of aromatic amines is 1. The largest absolute Gasteiger partial charge is 0.341 e. The molecule has 5 N–H and O–H groups in total. The van der Waals surface area contributed by atoms with Gasteiger partial charge in [-0.15, -0.1) is 10.8 Å². The Labute approximate surface area is 249 Å². The van der Waals surface area contributed by atoms with Gasteiger partial charge in [0.05, 0.1) is 28.4 Å². The van der Waals surface area contributed by atoms with E-state index in [1.807, 2.05) is 30.3 Å². The Morgan fingerprint density at radius 3 is 2.31 bits per heavy atom. The molecule has 6 rings (SSSR count). The Morgan fingerprint density at radius 1 is 0.952 bits per heavy atom. The van der Waals surface area contributed by atoms with Crippen molar-refractivity contribution in [2.24, 2.45) is 0 Å². The lowest BCUT2D eigenvalue weighted by molar-refractivity contribution is -0.118. The summed E-state index contributed by atoms with van der Waals surface area (Å²) in [5.74, 6) is 0.000860. The number of hydrogen-bond acceptors (Lipinski definition) is 6. The minimum atomic E-state index is -3.96. The molecule has 0 spiro atoms. The summed E-state index contributed by atoms with van der Waals surface area (Å²) in [6.45, 7) is 0. The number of aromatic nitrogens is 2. The van der Waals surface area contributed by atoms with E-state index < -0.39 is 38.0 Å². The first-order chi connectivity index (χ1) is 20.1. The Kier molecular flexibility index (Phi) is 7.56. The minimum Gasteiger partial charge on any atom is -0.341 e. The molecule has 4 aromatic carbocycles. The first kappa shape index (κ1) is 28.4. The van der Waals surface area contributed by atoms with Gasteiger partial charge in [0, 0.05) is 5.02 Å². The predicted octanol–water partition coefficient (Wildman–Crippen LogP) is 6.37. The number of rotatable bonds is 8. The quantitative estimate of drug-likeness (QED) is 0.136. The highest BCUT2D eigenvalue weighted by Crippen LogP contribution is 2.56. The summed E-state index contributed by atoms with van der Waals surface area (Å²) < 4.78 is 52.7. The zero-order valence-electron chi connectivity index (χ0n) is 22.1. The van der Waals surface area contributed by atoms with Crippen LogP contribution in [-0.2, 0) is 21.2 Å². The molecule has 1 aromatic heterocycles. The summed E-state index contributed by atoms with van der Waals surface area (Å²) in [6.07, 6.45) is 0.224. The second kappa shape index (κ2) is 11.2. The summed E-state index contributed by atoms with van der Waals surface area (Å²) in [4.78, 5) is 19.7. The Morgan fingerprint density at radius 2 is 1.64 bits per heavy atom. The minimum absolute atomic E-state index is 0.0191. The number of hydrogen-bond donors (Lipinski definition) is 5. The van der Waals surface area contributed by atoms with E-state index in [2.05, 4.69) is 19.4 Å². The maximum atomic E-state index is 13.6. The van der Waals surface area contributed by atoms with Crippen LogP contribution in [0, 0.1) is 0 Å². The van der Waals surface area contributed by atoms with Gasteiger partial charge in [0.15, 0.2) is 0 Å². The summed E-state index contributed by atoms with van der Waals surface area (Å²) >= 11 is 6.16. The zero-order valence-corrected chi connectivity index (χ0v) is 24.5. The van der Waals surface area contributed by atoms with Gasteiger partial charge in [-0.1, -0.05) is 78.3 Å². The molecule has 216 valence electrons. The van der Waals surface area contributed by atoms with Gasteiger partial charge < -0.3 is 4.98 Å². The highest BCUT2D eigenvalue weighted by Gasteiger charge is 2.38. The number of amides is 1. The van der Waals surface area contributed by atoms with Crippen molar-refractivity contribution in [1.82, 2.24) is 19.4 Å². The number of benzene rings is 4. The van der Waals surface area contributed by atoms with Crippen LogP contribution in [0.15, 0.2) is 102 Å². The Hall–Kier alpha value is -3.71. The average molecular weight is 623 g/mol. The van der Waals surface area contributed by atoms with Gasteiger partial charge in [-0.3, -0.25) is 18.6 Å². The Bertz CT molecular complexity index is 1860. The highest BCUT2D eigenvalue weighted by atomic mass is 35.5. The highest BCUT2D eigenvalue weighted by molar-refractivity contribution is 8.23. The van der Waals surface area contributed by atoms with Crippen LogP contribution in [0.2, 0.25) is 5.02 Å². The number of nitrogens with one attached hydrogen (secondary N) is 3. The number of halogens is 1. The van der Waals surface area contributed by atoms with Crippen LogP contribution in [-0.4, -0.2) is 33.4 Å². The van der Waals surface area contributed by atoms with E-state index in [9.17, 15) is 22.3 Å². The number of nitrogens with zero attached hydrogens (tertiary/aromatic N) is 1. The summed E-state index contributed by atoms with van der Waals surface area (Å²) in [6, 6.07) is 27.8. The van der Waals surface area contributed by atoms with Gasteiger partial charge in [0.1, 0.15) is 11.1 Å². The number of carbonyl (C=O) groups excluding carboxylic acids is 1. The van der Waals surface area contributed by atoms with E-state index in [1.54, 1.807) is 66.7 Å². The normalized spacial score (nSPS) is 18.1. The fourth-order valence-electron chi connectivity index (χ4n) is 5.05. The van der Waals surface area contributed by atoms with Crippen LogP contribution < -0.4 is 9.44 Å². The first-order valence-electron chi connectivity index (χ1n) is 13.1. The van der Waals surface area contributed by atoms with Crippen molar-refractivity contribution in [3.8, 4) is 11.1 Å². The van der Waals surface area contributed by atoms with Crippen LogP contribution in [0.1, 0.15) is 34.7 Å². The third-order valence-electron chi connectivity index (χ3n) is 7.18. The second-order valence-electron chi connectivity index (χ2n) is 10.1. The van der Waals surface area contributed by atoms with Gasteiger partial charge in [-0.05, 0) is 59.0 Å². The molecule has 2 atom stereocenters. The van der Waals surface area contributed by atoms with Gasteiger partial charge in [-0.2, -0.15) is 0 Å². The number of imidazole rings is 1. The molecular weight excluding hydrogens is 596 g/mol. The summed E-state index contributed by atoms with van der Waals surface area (Å²) in [5.41, 5.74) is 4.58. The standard InChI is InChI=1S/C30H27ClN4O5S2/c31-23-12-15-25-26(17-23)33-30(32-25)27(16-19-6-8-22(9-7-19)28-18-29(36)35-42(28,39)40)34-41(37,38)24-13-10-21(11-14-24)20-4-2-1-3-5-20/h1-15,17,27-28,34,39-40H,16,18H2,(H,32,33)(H,35,36)/t27-,28?/m0/s1. The third kappa shape index (κ3) is 5.93. The van der Waals surface area contributed by atoms with Crippen molar-refractivity contribution < 1.29 is 22.3 Å². The number of sulfonamides is 1. The maximum absolute atomic E-state index is 13.6. The predicted molar refractivity (Wildman–Crippen MR) is 165 cm³/mol.